The standard InChI is InChI=1S/C15H22Cl2N2O2S/c1-18-7-5-12(6-8-18)10-19(2)22(20,21)11-13-3-4-14(16)15(17)9-13/h3-4,9,12H,5-8,10-11H2,1-2H3. The zero-order chi connectivity index (χ0) is 16.3. The van der Waals surface area contributed by atoms with E-state index in [9.17, 15) is 8.42 Å². The van der Waals surface area contributed by atoms with Gasteiger partial charge in [0.25, 0.3) is 0 Å². The molecule has 7 heteroatoms. The molecular formula is C15H22Cl2N2O2S. The molecule has 0 unspecified atom stereocenters. The molecule has 1 aromatic carbocycles. The third kappa shape index (κ3) is 4.83. The van der Waals surface area contributed by atoms with Gasteiger partial charge in [0.05, 0.1) is 15.8 Å². The van der Waals surface area contributed by atoms with Gasteiger partial charge in [-0.15, -0.1) is 0 Å². The first kappa shape index (κ1) is 18.0. The van der Waals surface area contributed by atoms with Gasteiger partial charge >= 0.3 is 0 Å². The Labute approximate surface area is 143 Å². The second-order valence-electron chi connectivity index (χ2n) is 6.03. The summed E-state index contributed by atoms with van der Waals surface area (Å²) in [6.07, 6.45) is 2.09. The lowest BCUT2D eigenvalue weighted by atomic mass is 9.97. The molecule has 1 aliphatic heterocycles. The molecule has 4 nitrogen and oxygen atoms in total. The number of halogens is 2. The molecule has 0 aromatic heterocycles. The van der Waals surface area contributed by atoms with Crippen molar-refractivity contribution < 1.29 is 8.42 Å². The van der Waals surface area contributed by atoms with Crippen molar-refractivity contribution in [1.29, 1.82) is 0 Å². The summed E-state index contributed by atoms with van der Waals surface area (Å²) in [5.74, 6) is 0.386. The number of rotatable bonds is 5. The quantitative estimate of drug-likeness (QED) is 0.805. The first-order chi connectivity index (χ1) is 10.3. The van der Waals surface area contributed by atoms with E-state index in [0.29, 0.717) is 28.1 Å². The molecule has 0 saturated carbocycles. The molecule has 0 atom stereocenters. The van der Waals surface area contributed by atoms with E-state index >= 15 is 0 Å². The minimum atomic E-state index is -3.34. The highest BCUT2D eigenvalue weighted by Crippen LogP contribution is 2.24. The van der Waals surface area contributed by atoms with Gasteiger partial charge in [0, 0.05) is 13.6 Å². The van der Waals surface area contributed by atoms with Gasteiger partial charge in [-0.1, -0.05) is 29.3 Å². The van der Waals surface area contributed by atoms with E-state index in [1.165, 1.54) is 4.31 Å². The van der Waals surface area contributed by atoms with Crippen LogP contribution in [0.4, 0.5) is 0 Å². The summed E-state index contributed by atoms with van der Waals surface area (Å²) < 4.78 is 26.4. The lowest BCUT2D eigenvalue weighted by Crippen LogP contribution is -2.38. The molecule has 124 valence electrons. The summed E-state index contributed by atoms with van der Waals surface area (Å²) in [5.41, 5.74) is 0.657. The van der Waals surface area contributed by atoms with E-state index in [1.54, 1.807) is 25.2 Å². The Morgan fingerprint density at radius 3 is 2.45 bits per heavy atom. The number of hydrogen-bond acceptors (Lipinski definition) is 3. The fourth-order valence-corrected chi connectivity index (χ4v) is 4.25. The van der Waals surface area contributed by atoms with E-state index < -0.39 is 10.0 Å². The normalized spacial score (nSPS) is 18.0. The van der Waals surface area contributed by atoms with E-state index in [-0.39, 0.29) is 5.75 Å². The summed E-state index contributed by atoms with van der Waals surface area (Å²) in [4.78, 5) is 2.28. The molecule has 22 heavy (non-hydrogen) atoms. The maximum absolute atomic E-state index is 12.5. The number of sulfonamides is 1. The summed E-state index contributed by atoms with van der Waals surface area (Å²) in [6.45, 7) is 2.65. The molecule has 0 spiro atoms. The fourth-order valence-electron chi connectivity index (χ4n) is 2.67. The average molecular weight is 365 g/mol. The molecule has 1 aromatic rings. The SMILES string of the molecule is CN1CCC(CN(C)S(=O)(=O)Cc2ccc(Cl)c(Cl)c2)CC1. The second-order valence-corrected chi connectivity index (χ2v) is 8.92. The highest BCUT2D eigenvalue weighted by molar-refractivity contribution is 7.88. The van der Waals surface area contributed by atoms with Crippen LogP contribution in [0.25, 0.3) is 0 Å². The van der Waals surface area contributed by atoms with Crippen molar-refractivity contribution in [2.24, 2.45) is 5.92 Å². The molecule has 0 N–H and O–H groups in total. The van der Waals surface area contributed by atoms with E-state index in [4.69, 9.17) is 23.2 Å². The minimum absolute atomic E-state index is 0.0486. The number of nitrogens with zero attached hydrogens (tertiary/aromatic N) is 2. The Balaban J connectivity index is 1.98. The predicted molar refractivity (Wildman–Crippen MR) is 91.9 cm³/mol. The van der Waals surface area contributed by atoms with Gasteiger partial charge < -0.3 is 4.90 Å². The van der Waals surface area contributed by atoms with Gasteiger partial charge in [-0.05, 0) is 56.6 Å². The summed E-state index contributed by atoms with van der Waals surface area (Å²) in [7, 11) is 0.418. The summed E-state index contributed by atoms with van der Waals surface area (Å²) in [6, 6.07) is 4.95. The van der Waals surface area contributed by atoms with Gasteiger partial charge in [-0.25, -0.2) is 12.7 Å². The molecule has 1 heterocycles. The fraction of sp³-hybridized carbons (Fsp3) is 0.600. The third-order valence-corrected chi connectivity index (χ3v) is 6.70. The van der Waals surface area contributed by atoms with Crippen LogP contribution in [0.2, 0.25) is 10.0 Å². The lowest BCUT2D eigenvalue weighted by Gasteiger charge is -2.31. The van der Waals surface area contributed by atoms with Crippen LogP contribution in [-0.4, -0.2) is 51.4 Å². The average Bonchev–Trinajstić information content (AvgIpc) is 2.45. The Morgan fingerprint density at radius 1 is 1.23 bits per heavy atom. The smallest absolute Gasteiger partial charge is 0.218 e. The molecular weight excluding hydrogens is 343 g/mol. The molecule has 0 aliphatic carbocycles. The van der Waals surface area contributed by atoms with Crippen molar-refractivity contribution in [2.45, 2.75) is 18.6 Å². The van der Waals surface area contributed by atoms with E-state index in [0.717, 1.165) is 25.9 Å². The topological polar surface area (TPSA) is 40.6 Å². The van der Waals surface area contributed by atoms with Crippen LogP contribution >= 0.6 is 23.2 Å². The van der Waals surface area contributed by atoms with Crippen LogP contribution in [0.3, 0.4) is 0 Å². The molecule has 1 aliphatic rings. The van der Waals surface area contributed by atoms with Crippen LogP contribution in [0.5, 0.6) is 0 Å². The largest absolute Gasteiger partial charge is 0.306 e. The maximum Gasteiger partial charge on any atom is 0.218 e. The molecule has 2 rings (SSSR count). The highest BCUT2D eigenvalue weighted by Gasteiger charge is 2.24. The minimum Gasteiger partial charge on any atom is -0.306 e. The van der Waals surface area contributed by atoms with E-state index in [2.05, 4.69) is 11.9 Å². The van der Waals surface area contributed by atoms with Crippen molar-refractivity contribution in [2.75, 3.05) is 33.7 Å². The number of piperidine rings is 1. The van der Waals surface area contributed by atoms with Crippen LogP contribution < -0.4 is 0 Å². The molecule has 0 radical (unpaired) electrons. The highest BCUT2D eigenvalue weighted by atomic mass is 35.5. The maximum atomic E-state index is 12.5. The molecule has 0 bridgehead atoms. The van der Waals surface area contributed by atoms with Crippen LogP contribution in [0.15, 0.2) is 18.2 Å². The monoisotopic (exact) mass is 364 g/mol. The van der Waals surface area contributed by atoms with E-state index in [1.807, 2.05) is 0 Å². The zero-order valence-electron chi connectivity index (χ0n) is 12.9. The number of likely N-dealkylation sites (tertiary alicyclic amines) is 1. The molecule has 1 saturated heterocycles. The van der Waals surface area contributed by atoms with Gasteiger partial charge in [0.2, 0.25) is 10.0 Å². The molecule has 1 fully saturated rings. The second kappa shape index (κ2) is 7.49. The summed E-state index contributed by atoms with van der Waals surface area (Å²) >= 11 is 11.8. The van der Waals surface area contributed by atoms with Crippen molar-refractivity contribution >= 4 is 33.2 Å². The summed E-state index contributed by atoms with van der Waals surface area (Å²) in [5, 5.41) is 0.815. The lowest BCUT2D eigenvalue weighted by molar-refractivity contribution is 0.202. The van der Waals surface area contributed by atoms with Crippen LogP contribution in [0.1, 0.15) is 18.4 Å². The van der Waals surface area contributed by atoms with Gasteiger partial charge in [0.1, 0.15) is 0 Å². The first-order valence-corrected chi connectivity index (χ1v) is 9.71. The van der Waals surface area contributed by atoms with Gasteiger partial charge in [-0.3, -0.25) is 0 Å². The Morgan fingerprint density at radius 2 is 1.86 bits per heavy atom. The Bertz CT molecular complexity index is 614. The number of hydrogen-bond donors (Lipinski definition) is 0. The van der Waals surface area contributed by atoms with Gasteiger partial charge in [0.15, 0.2) is 0 Å². The van der Waals surface area contributed by atoms with Crippen LogP contribution in [0, 0.1) is 5.92 Å². The first-order valence-electron chi connectivity index (χ1n) is 7.34. The van der Waals surface area contributed by atoms with Crippen molar-refractivity contribution in [3.8, 4) is 0 Å². The predicted octanol–water partition coefficient (Wildman–Crippen LogP) is 3.10. The Kier molecular flexibility index (Phi) is 6.14. The van der Waals surface area contributed by atoms with Crippen molar-refractivity contribution in [3.05, 3.63) is 33.8 Å². The van der Waals surface area contributed by atoms with Crippen molar-refractivity contribution in [1.82, 2.24) is 9.21 Å². The third-order valence-electron chi connectivity index (χ3n) is 4.16. The zero-order valence-corrected chi connectivity index (χ0v) is 15.3. The van der Waals surface area contributed by atoms with Crippen molar-refractivity contribution in [3.63, 3.8) is 0 Å². The number of benzene rings is 1. The van der Waals surface area contributed by atoms with Crippen LogP contribution in [-0.2, 0) is 15.8 Å². The van der Waals surface area contributed by atoms with Gasteiger partial charge in [-0.2, -0.15) is 0 Å². The Hall–Kier alpha value is -0.330. The molecule has 0 amide bonds.